The molecule has 7 nitrogen and oxygen atoms in total. The summed E-state index contributed by atoms with van der Waals surface area (Å²) in [5.41, 5.74) is 1.29. The largest absolute Gasteiger partial charge is 0.361 e. The van der Waals surface area contributed by atoms with Gasteiger partial charge in [0.1, 0.15) is 17.2 Å². The predicted octanol–water partition coefficient (Wildman–Crippen LogP) is 1.33. The van der Waals surface area contributed by atoms with E-state index in [1.165, 1.54) is 21.4 Å². The third-order valence-corrected chi connectivity index (χ3v) is 4.07. The third-order valence-electron chi connectivity index (χ3n) is 4.07. The number of hydrogen-bond acceptors (Lipinski definition) is 5. The van der Waals surface area contributed by atoms with Crippen molar-refractivity contribution in [1.82, 2.24) is 19.4 Å². The van der Waals surface area contributed by atoms with Crippen molar-refractivity contribution in [1.29, 1.82) is 0 Å². The Morgan fingerprint density at radius 3 is 2.96 bits per heavy atom. The number of aryl methyl sites for hydroxylation is 1. The second-order valence-corrected chi connectivity index (χ2v) is 5.72. The third kappa shape index (κ3) is 2.27. The molecular formula is C16H13FN4O3. The van der Waals surface area contributed by atoms with Gasteiger partial charge in [-0.05, 0) is 19.1 Å². The molecule has 0 radical (unpaired) electrons. The molecule has 1 amide bonds. The summed E-state index contributed by atoms with van der Waals surface area (Å²) in [6.07, 6.45) is 1.56. The van der Waals surface area contributed by atoms with Gasteiger partial charge in [-0.1, -0.05) is 5.16 Å². The average Bonchev–Trinajstić information content (AvgIpc) is 3.01. The van der Waals surface area contributed by atoms with Gasteiger partial charge in [0.25, 0.3) is 11.5 Å². The van der Waals surface area contributed by atoms with Crippen LogP contribution in [0.2, 0.25) is 0 Å². The van der Waals surface area contributed by atoms with Gasteiger partial charge in [0, 0.05) is 25.2 Å². The molecule has 8 heteroatoms. The van der Waals surface area contributed by atoms with Crippen LogP contribution in [0, 0.1) is 12.7 Å². The Morgan fingerprint density at radius 2 is 2.21 bits per heavy atom. The van der Waals surface area contributed by atoms with E-state index in [1.54, 1.807) is 13.0 Å². The molecule has 0 spiro atoms. The summed E-state index contributed by atoms with van der Waals surface area (Å²) in [6.45, 7) is 2.25. The van der Waals surface area contributed by atoms with Crippen molar-refractivity contribution < 1.29 is 13.7 Å². The van der Waals surface area contributed by atoms with Gasteiger partial charge in [-0.3, -0.25) is 14.0 Å². The number of amides is 1. The summed E-state index contributed by atoms with van der Waals surface area (Å²) in [4.78, 5) is 31.0. The van der Waals surface area contributed by atoms with Gasteiger partial charge in [0.15, 0.2) is 5.69 Å². The number of hydrogen-bond donors (Lipinski definition) is 0. The Labute approximate surface area is 135 Å². The Hall–Kier alpha value is -3.03. The van der Waals surface area contributed by atoms with Crippen molar-refractivity contribution in [2.45, 2.75) is 19.9 Å². The molecule has 24 heavy (non-hydrogen) atoms. The highest BCUT2D eigenvalue weighted by atomic mass is 19.1. The molecule has 4 heterocycles. The lowest BCUT2D eigenvalue weighted by Gasteiger charge is -2.27. The summed E-state index contributed by atoms with van der Waals surface area (Å²) in [5, 5.41) is 3.72. The monoisotopic (exact) mass is 328 g/mol. The molecule has 3 aromatic rings. The number of aromatic nitrogens is 3. The Balaban J connectivity index is 1.74. The van der Waals surface area contributed by atoms with Crippen LogP contribution >= 0.6 is 0 Å². The van der Waals surface area contributed by atoms with Crippen molar-refractivity contribution in [3.63, 3.8) is 0 Å². The lowest BCUT2D eigenvalue weighted by Crippen LogP contribution is -2.40. The van der Waals surface area contributed by atoms with Gasteiger partial charge in [-0.2, -0.15) is 0 Å². The molecule has 1 aliphatic heterocycles. The van der Waals surface area contributed by atoms with E-state index >= 15 is 0 Å². The first-order chi connectivity index (χ1) is 11.5. The van der Waals surface area contributed by atoms with E-state index in [0.29, 0.717) is 35.6 Å². The summed E-state index contributed by atoms with van der Waals surface area (Å²) < 4.78 is 19.5. The molecule has 1 aliphatic rings. The quantitative estimate of drug-likeness (QED) is 0.673. The predicted molar refractivity (Wildman–Crippen MR) is 81.1 cm³/mol. The fraction of sp³-hybridized carbons (Fsp3) is 0.250. The van der Waals surface area contributed by atoms with Gasteiger partial charge in [-0.15, -0.1) is 0 Å². The van der Waals surface area contributed by atoms with Crippen LogP contribution < -0.4 is 5.56 Å². The van der Waals surface area contributed by atoms with Gasteiger partial charge in [-0.25, -0.2) is 9.37 Å². The number of carbonyl (C=O) groups excluding carboxylic acids is 1. The number of halogens is 1. The molecule has 122 valence electrons. The fourth-order valence-corrected chi connectivity index (χ4v) is 2.87. The SMILES string of the molecule is Cc1cc(C(=O)N2CCc3nc4ccc(F)cn4c(=O)c3C2)no1. The normalized spacial score (nSPS) is 14.0. The maximum absolute atomic E-state index is 13.4. The summed E-state index contributed by atoms with van der Waals surface area (Å²) >= 11 is 0. The zero-order chi connectivity index (χ0) is 16.8. The standard InChI is InChI=1S/C16H13FN4O3/c1-9-6-13(19-24-9)16(23)20-5-4-12-11(8-20)15(22)21-7-10(17)2-3-14(21)18-12/h2-3,6-7H,4-5,8H2,1H3. The number of pyridine rings is 1. The molecular weight excluding hydrogens is 315 g/mol. The zero-order valence-electron chi connectivity index (χ0n) is 12.8. The van der Waals surface area contributed by atoms with Crippen LogP contribution in [0.3, 0.4) is 0 Å². The highest BCUT2D eigenvalue weighted by Gasteiger charge is 2.27. The lowest BCUT2D eigenvalue weighted by molar-refractivity contribution is 0.0722. The van der Waals surface area contributed by atoms with Crippen LogP contribution in [-0.2, 0) is 13.0 Å². The maximum atomic E-state index is 13.4. The topological polar surface area (TPSA) is 80.7 Å². The number of nitrogens with zero attached hydrogens (tertiary/aromatic N) is 4. The molecule has 4 rings (SSSR count). The van der Waals surface area contributed by atoms with E-state index in [1.807, 2.05) is 0 Å². The van der Waals surface area contributed by atoms with Crippen LogP contribution in [0.4, 0.5) is 4.39 Å². The molecule has 0 unspecified atom stereocenters. The molecule has 3 aromatic heterocycles. The van der Waals surface area contributed by atoms with Crippen molar-refractivity contribution in [2.75, 3.05) is 6.54 Å². The molecule has 0 saturated heterocycles. The summed E-state index contributed by atoms with van der Waals surface area (Å²) in [6, 6.07) is 4.28. The van der Waals surface area contributed by atoms with Crippen molar-refractivity contribution in [2.24, 2.45) is 0 Å². The zero-order valence-corrected chi connectivity index (χ0v) is 12.8. The van der Waals surface area contributed by atoms with Gasteiger partial charge in [0.05, 0.1) is 17.8 Å². The highest BCUT2D eigenvalue weighted by molar-refractivity contribution is 5.92. The highest BCUT2D eigenvalue weighted by Crippen LogP contribution is 2.17. The van der Waals surface area contributed by atoms with E-state index < -0.39 is 5.82 Å². The van der Waals surface area contributed by atoms with Crippen molar-refractivity contribution >= 4 is 11.6 Å². The van der Waals surface area contributed by atoms with Gasteiger partial charge < -0.3 is 9.42 Å². The van der Waals surface area contributed by atoms with Gasteiger partial charge in [0.2, 0.25) is 0 Å². The number of rotatable bonds is 1. The van der Waals surface area contributed by atoms with Crippen LogP contribution in [-0.4, -0.2) is 31.9 Å². The first kappa shape index (κ1) is 14.6. The molecule has 0 aromatic carbocycles. The Kier molecular flexibility index (Phi) is 3.19. The van der Waals surface area contributed by atoms with Crippen molar-refractivity contribution in [3.05, 3.63) is 63.3 Å². The van der Waals surface area contributed by atoms with E-state index in [2.05, 4.69) is 10.1 Å². The average molecular weight is 328 g/mol. The maximum Gasteiger partial charge on any atom is 0.276 e. The molecule has 0 aliphatic carbocycles. The Bertz CT molecular complexity index is 1020. The first-order valence-electron chi connectivity index (χ1n) is 7.45. The van der Waals surface area contributed by atoms with Crippen LogP contribution in [0.15, 0.2) is 33.7 Å². The number of fused-ring (bicyclic) bond motifs is 2. The van der Waals surface area contributed by atoms with E-state index in [9.17, 15) is 14.0 Å². The number of carbonyl (C=O) groups is 1. The summed E-state index contributed by atoms with van der Waals surface area (Å²) in [7, 11) is 0. The minimum absolute atomic E-state index is 0.116. The van der Waals surface area contributed by atoms with E-state index in [0.717, 1.165) is 6.20 Å². The first-order valence-corrected chi connectivity index (χ1v) is 7.45. The van der Waals surface area contributed by atoms with E-state index in [4.69, 9.17) is 4.52 Å². The van der Waals surface area contributed by atoms with E-state index in [-0.39, 0.29) is 23.7 Å². The molecule has 0 fully saturated rings. The minimum Gasteiger partial charge on any atom is -0.361 e. The summed E-state index contributed by atoms with van der Waals surface area (Å²) in [5.74, 6) is -0.284. The van der Waals surface area contributed by atoms with Gasteiger partial charge >= 0.3 is 0 Å². The Morgan fingerprint density at radius 1 is 1.38 bits per heavy atom. The molecule has 0 N–H and O–H groups in total. The lowest BCUT2D eigenvalue weighted by atomic mass is 10.1. The smallest absolute Gasteiger partial charge is 0.276 e. The second kappa shape index (κ2) is 5.26. The van der Waals surface area contributed by atoms with Crippen molar-refractivity contribution in [3.8, 4) is 0 Å². The minimum atomic E-state index is -0.520. The fourth-order valence-electron chi connectivity index (χ4n) is 2.87. The second-order valence-electron chi connectivity index (χ2n) is 5.72. The molecule has 0 atom stereocenters. The van der Waals surface area contributed by atoms with Crippen LogP contribution in [0.25, 0.3) is 5.65 Å². The van der Waals surface area contributed by atoms with Crippen LogP contribution in [0.1, 0.15) is 27.5 Å². The molecule has 0 bridgehead atoms. The van der Waals surface area contributed by atoms with Crippen LogP contribution in [0.5, 0.6) is 0 Å². The molecule has 0 saturated carbocycles.